The average Bonchev–Trinajstić information content (AvgIpc) is 2.64. The molecule has 1 saturated heterocycles. The van der Waals surface area contributed by atoms with Crippen LogP contribution in [0.4, 0.5) is 11.4 Å². The van der Waals surface area contributed by atoms with E-state index >= 15 is 0 Å². The lowest BCUT2D eigenvalue weighted by atomic mass is 9.73. The van der Waals surface area contributed by atoms with Crippen LogP contribution in [0.1, 0.15) is 24.0 Å². The molecule has 0 spiro atoms. The lowest BCUT2D eigenvalue weighted by Crippen LogP contribution is -2.44. The Morgan fingerprint density at radius 2 is 1.85 bits per heavy atom. The number of hydrogen-bond acceptors (Lipinski definition) is 4. The van der Waals surface area contributed by atoms with Crippen molar-refractivity contribution < 1.29 is 14.5 Å². The second kappa shape index (κ2) is 7.43. The number of anilines is 1. The van der Waals surface area contributed by atoms with Gasteiger partial charge in [0.25, 0.3) is 5.69 Å². The average molecular weight is 375 g/mol. The van der Waals surface area contributed by atoms with Crippen LogP contribution < -0.4 is 5.32 Å². The molecule has 2 aromatic carbocycles. The normalized spacial score (nSPS) is 16.1. The van der Waals surface area contributed by atoms with Crippen molar-refractivity contribution in [1.29, 1.82) is 0 Å². The number of nitrogens with zero attached hydrogens (tertiary/aromatic N) is 1. The van der Waals surface area contributed by atoms with Crippen molar-refractivity contribution in [2.45, 2.75) is 25.2 Å². The summed E-state index contributed by atoms with van der Waals surface area (Å²) >= 11 is 5.98. The first kappa shape index (κ1) is 18.4. The van der Waals surface area contributed by atoms with E-state index in [0.29, 0.717) is 42.3 Å². The zero-order valence-corrected chi connectivity index (χ0v) is 15.1. The third-order valence-electron chi connectivity index (χ3n) is 4.84. The smallest absolute Gasteiger partial charge is 0.274 e. The number of hydrogen-bond donors (Lipinski definition) is 1. The molecule has 0 unspecified atom stereocenters. The van der Waals surface area contributed by atoms with Crippen LogP contribution in [0.15, 0.2) is 42.5 Å². The first-order valence-corrected chi connectivity index (χ1v) is 8.70. The highest BCUT2D eigenvalue weighted by Crippen LogP contribution is 2.37. The van der Waals surface area contributed by atoms with Gasteiger partial charge in [0.05, 0.1) is 10.3 Å². The van der Waals surface area contributed by atoms with Gasteiger partial charge in [0, 0.05) is 35.6 Å². The highest BCUT2D eigenvalue weighted by Gasteiger charge is 2.41. The van der Waals surface area contributed by atoms with Crippen molar-refractivity contribution in [2.75, 3.05) is 18.5 Å². The van der Waals surface area contributed by atoms with E-state index < -0.39 is 10.3 Å². The quantitative estimate of drug-likeness (QED) is 0.641. The molecule has 26 heavy (non-hydrogen) atoms. The molecule has 0 bridgehead atoms. The lowest BCUT2D eigenvalue weighted by molar-refractivity contribution is -0.385. The summed E-state index contributed by atoms with van der Waals surface area (Å²) in [7, 11) is 0. The minimum atomic E-state index is -0.748. The number of carbonyl (C=O) groups excluding carboxylic acids is 1. The molecule has 1 aliphatic rings. The number of benzene rings is 2. The first-order valence-electron chi connectivity index (χ1n) is 8.33. The molecule has 1 heterocycles. The Bertz CT molecular complexity index is 830. The van der Waals surface area contributed by atoms with E-state index in [1.807, 2.05) is 12.1 Å². The molecule has 6 nitrogen and oxygen atoms in total. The van der Waals surface area contributed by atoms with E-state index in [9.17, 15) is 14.9 Å². The van der Waals surface area contributed by atoms with Crippen LogP contribution >= 0.6 is 11.6 Å². The molecule has 1 aliphatic heterocycles. The highest BCUT2D eigenvalue weighted by atomic mass is 35.5. The molecule has 7 heteroatoms. The Balaban J connectivity index is 1.93. The third kappa shape index (κ3) is 3.57. The summed E-state index contributed by atoms with van der Waals surface area (Å²) in [4.78, 5) is 23.9. The van der Waals surface area contributed by atoms with Crippen molar-refractivity contribution in [3.05, 3.63) is 68.7 Å². The number of nitro groups is 1. The van der Waals surface area contributed by atoms with Crippen molar-refractivity contribution in [3.63, 3.8) is 0 Å². The van der Waals surface area contributed by atoms with Gasteiger partial charge in [-0.2, -0.15) is 0 Å². The van der Waals surface area contributed by atoms with Gasteiger partial charge in [0.1, 0.15) is 0 Å². The van der Waals surface area contributed by atoms with Crippen molar-refractivity contribution in [3.8, 4) is 0 Å². The third-order valence-corrected chi connectivity index (χ3v) is 5.09. The monoisotopic (exact) mass is 374 g/mol. The second-order valence-electron chi connectivity index (χ2n) is 6.41. The maximum atomic E-state index is 13.2. The number of halogens is 1. The molecule has 1 N–H and O–H groups in total. The SMILES string of the molecule is Cc1ccc(NC(=O)C2(c3ccc(Cl)cc3)CCOCC2)cc1[N+](=O)[O-]. The summed E-state index contributed by atoms with van der Waals surface area (Å²) in [5.41, 5.74) is 1.06. The van der Waals surface area contributed by atoms with Crippen molar-refractivity contribution in [1.82, 2.24) is 0 Å². The van der Waals surface area contributed by atoms with Gasteiger partial charge in [-0.15, -0.1) is 0 Å². The fraction of sp³-hybridized carbons (Fsp3) is 0.316. The Hall–Kier alpha value is -2.44. The molecular formula is C19H19ClN2O4. The van der Waals surface area contributed by atoms with E-state index in [2.05, 4.69) is 5.32 Å². The van der Waals surface area contributed by atoms with Gasteiger partial charge in [-0.05, 0) is 43.5 Å². The van der Waals surface area contributed by atoms with E-state index in [0.717, 1.165) is 5.56 Å². The Kier molecular flexibility index (Phi) is 5.25. The summed E-state index contributed by atoms with van der Waals surface area (Å²) < 4.78 is 5.44. The number of aryl methyl sites for hydroxylation is 1. The molecule has 3 rings (SSSR count). The van der Waals surface area contributed by atoms with Crippen LogP contribution in [-0.2, 0) is 14.9 Å². The molecule has 0 aliphatic carbocycles. The number of nitrogens with one attached hydrogen (secondary N) is 1. The largest absolute Gasteiger partial charge is 0.381 e. The number of carbonyl (C=O) groups is 1. The van der Waals surface area contributed by atoms with Crippen LogP contribution in [0.3, 0.4) is 0 Å². The molecule has 0 atom stereocenters. The highest BCUT2D eigenvalue weighted by molar-refractivity contribution is 6.30. The van der Waals surface area contributed by atoms with Gasteiger partial charge in [-0.1, -0.05) is 29.8 Å². The molecule has 0 radical (unpaired) electrons. The zero-order chi connectivity index (χ0) is 18.7. The number of amides is 1. The van der Waals surface area contributed by atoms with Gasteiger partial charge in [0.15, 0.2) is 0 Å². The maximum Gasteiger partial charge on any atom is 0.274 e. The number of rotatable bonds is 4. The first-order chi connectivity index (χ1) is 12.4. The van der Waals surface area contributed by atoms with Gasteiger partial charge in [-0.25, -0.2) is 0 Å². The van der Waals surface area contributed by atoms with Gasteiger partial charge >= 0.3 is 0 Å². The molecule has 136 valence electrons. The Labute approximate surface area is 156 Å². The minimum absolute atomic E-state index is 0.0182. The predicted molar refractivity (Wildman–Crippen MR) is 99.6 cm³/mol. The molecule has 0 saturated carbocycles. The number of nitro benzene ring substituents is 1. The maximum absolute atomic E-state index is 13.2. The number of ether oxygens (including phenoxy) is 1. The van der Waals surface area contributed by atoms with E-state index in [1.54, 1.807) is 31.2 Å². The van der Waals surface area contributed by atoms with Crippen LogP contribution in [-0.4, -0.2) is 24.0 Å². The van der Waals surface area contributed by atoms with E-state index in [4.69, 9.17) is 16.3 Å². The molecular weight excluding hydrogens is 356 g/mol. The molecule has 2 aromatic rings. The Morgan fingerprint density at radius 3 is 2.46 bits per heavy atom. The second-order valence-corrected chi connectivity index (χ2v) is 6.85. The van der Waals surface area contributed by atoms with Crippen molar-refractivity contribution >= 4 is 28.9 Å². The van der Waals surface area contributed by atoms with E-state index in [1.165, 1.54) is 6.07 Å². The minimum Gasteiger partial charge on any atom is -0.381 e. The van der Waals surface area contributed by atoms with Gasteiger partial charge in [0.2, 0.25) is 5.91 Å². The topological polar surface area (TPSA) is 81.5 Å². The zero-order valence-electron chi connectivity index (χ0n) is 14.3. The van der Waals surface area contributed by atoms with Gasteiger partial charge < -0.3 is 10.1 Å². The summed E-state index contributed by atoms with van der Waals surface area (Å²) in [6.07, 6.45) is 1.07. The van der Waals surface area contributed by atoms with Crippen LogP contribution in [0.2, 0.25) is 5.02 Å². The fourth-order valence-electron chi connectivity index (χ4n) is 3.27. The fourth-order valence-corrected chi connectivity index (χ4v) is 3.40. The van der Waals surface area contributed by atoms with Gasteiger partial charge in [-0.3, -0.25) is 14.9 Å². The van der Waals surface area contributed by atoms with Crippen LogP contribution in [0, 0.1) is 17.0 Å². The van der Waals surface area contributed by atoms with Crippen LogP contribution in [0.5, 0.6) is 0 Å². The summed E-state index contributed by atoms with van der Waals surface area (Å²) in [6.45, 7) is 2.62. The summed E-state index contributed by atoms with van der Waals surface area (Å²) in [5, 5.41) is 14.6. The standard InChI is InChI=1S/C19H19ClN2O4/c1-13-2-7-16(12-17(13)22(24)25)21-18(23)19(8-10-26-11-9-19)14-3-5-15(20)6-4-14/h2-7,12H,8-11H2,1H3,(H,21,23). The van der Waals surface area contributed by atoms with Crippen LogP contribution in [0.25, 0.3) is 0 Å². The summed E-state index contributed by atoms with van der Waals surface area (Å²) in [6, 6.07) is 11.9. The van der Waals surface area contributed by atoms with Crippen molar-refractivity contribution in [2.24, 2.45) is 0 Å². The lowest BCUT2D eigenvalue weighted by Gasteiger charge is -2.36. The van der Waals surface area contributed by atoms with E-state index in [-0.39, 0.29) is 11.6 Å². The molecule has 0 aromatic heterocycles. The molecule has 1 fully saturated rings. The summed E-state index contributed by atoms with van der Waals surface area (Å²) in [5.74, 6) is -0.193. The Morgan fingerprint density at radius 1 is 1.19 bits per heavy atom. The predicted octanol–water partition coefficient (Wildman–Crippen LogP) is 4.24. The molecule has 1 amide bonds.